The van der Waals surface area contributed by atoms with E-state index in [2.05, 4.69) is 35.3 Å². The molecule has 2 aromatic heterocycles. The summed E-state index contributed by atoms with van der Waals surface area (Å²) in [5.41, 5.74) is 4.68. The van der Waals surface area contributed by atoms with E-state index >= 15 is 0 Å². The molecular weight excluding hydrogens is 408 g/mol. The average Bonchev–Trinajstić information content (AvgIpc) is 3.38. The van der Waals surface area contributed by atoms with Crippen molar-refractivity contribution in [3.8, 4) is 5.75 Å². The van der Waals surface area contributed by atoms with Crippen molar-refractivity contribution in [2.24, 2.45) is 7.05 Å². The molecule has 31 heavy (non-hydrogen) atoms. The van der Waals surface area contributed by atoms with Gasteiger partial charge < -0.3 is 9.64 Å². The third-order valence-electron chi connectivity index (χ3n) is 5.77. The van der Waals surface area contributed by atoms with E-state index < -0.39 is 0 Å². The van der Waals surface area contributed by atoms with Gasteiger partial charge in [0.2, 0.25) is 0 Å². The summed E-state index contributed by atoms with van der Waals surface area (Å²) in [4.78, 5) is 18.1. The van der Waals surface area contributed by atoms with Crippen molar-refractivity contribution in [1.29, 1.82) is 0 Å². The number of thiophene rings is 1. The zero-order valence-electron chi connectivity index (χ0n) is 18.5. The standard InChI is InChI=1S/C24H30N4O2S/c1-4-19-5-7-22(8-6-19)30-16-20-13-23(31-17-20)24(29)28-11-9-27(10-12-28)15-21-14-26(3)25-18(21)2/h5-8,13-14,17H,4,9-12,15-16H2,1-3H3. The number of piperazine rings is 1. The quantitative estimate of drug-likeness (QED) is 0.562. The van der Waals surface area contributed by atoms with Crippen LogP contribution in [0, 0.1) is 6.92 Å². The second-order valence-electron chi connectivity index (χ2n) is 8.09. The third-order valence-corrected chi connectivity index (χ3v) is 6.74. The number of benzene rings is 1. The van der Waals surface area contributed by atoms with Gasteiger partial charge in [0, 0.05) is 57.1 Å². The molecule has 0 atom stereocenters. The fraction of sp³-hybridized carbons (Fsp3) is 0.417. The highest BCUT2D eigenvalue weighted by Crippen LogP contribution is 2.21. The van der Waals surface area contributed by atoms with Crippen molar-refractivity contribution in [3.05, 3.63) is 69.2 Å². The lowest BCUT2D eigenvalue weighted by molar-refractivity contribution is 0.0633. The number of aryl methyl sites for hydroxylation is 3. The molecule has 0 radical (unpaired) electrons. The predicted molar refractivity (Wildman–Crippen MR) is 124 cm³/mol. The summed E-state index contributed by atoms with van der Waals surface area (Å²) < 4.78 is 7.74. The first kappa shape index (κ1) is 21.6. The maximum atomic E-state index is 12.9. The summed E-state index contributed by atoms with van der Waals surface area (Å²) in [6.07, 6.45) is 3.11. The van der Waals surface area contributed by atoms with Crippen LogP contribution < -0.4 is 4.74 Å². The molecule has 0 aliphatic carbocycles. The maximum absolute atomic E-state index is 12.9. The number of hydrogen-bond donors (Lipinski definition) is 0. The summed E-state index contributed by atoms with van der Waals surface area (Å²) in [6, 6.07) is 10.2. The van der Waals surface area contributed by atoms with Gasteiger partial charge >= 0.3 is 0 Å². The molecule has 4 rings (SSSR count). The van der Waals surface area contributed by atoms with E-state index in [0.29, 0.717) is 6.61 Å². The van der Waals surface area contributed by atoms with Gasteiger partial charge in [0.15, 0.2) is 0 Å². The van der Waals surface area contributed by atoms with Crippen LogP contribution in [0.2, 0.25) is 0 Å². The van der Waals surface area contributed by atoms with Gasteiger partial charge in [0.25, 0.3) is 5.91 Å². The van der Waals surface area contributed by atoms with Crippen molar-refractivity contribution in [2.75, 3.05) is 26.2 Å². The summed E-state index contributed by atoms with van der Waals surface area (Å²) in [6.45, 7) is 8.84. The predicted octanol–water partition coefficient (Wildman–Crippen LogP) is 3.89. The highest BCUT2D eigenvalue weighted by atomic mass is 32.1. The monoisotopic (exact) mass is 438 g/mol. The number of carbonyl (C=O) groups is 1. The van der Waals surface area contributed by atoms with Gasteiger partial charge in [-0.3, -0.25) is 14.4 Å². The Morgan fingerprint density at radius 3 is 2.52 bits per heavy atom. The number of ether oxygens (including phenoxy) is 1. The Morgan fingerprint density at radius 2 is 1.87 bits per heavy atom. The molecule has 3 aromatic rings. The number of nitrogens with zero attached hydrogens (tertiary/aromatic N) is 4. The molecule has 0 spiro atoms. The topological polar surface area (TPSA) is 50.6 Å². The van der Waals surface area contributed by atoms with E-state index in [0.717, 1.165) is 61.0 Å². The first-order valence-corrected chi connectivity index (χ1v) is 11.7. The number of rotatable bonds is 7. The fourth-order valence-corrected chi connectivity index (χ4v) is 4.72. The van der Waals surface area contributed by atoms with Crippen LogP contribution in [0.3, 0.4) is 0 Å². The number of hydrogen-bond acceptors (Lipinski definition) is 5. The Morgan fingerprint density at radius 1 is 1.13 bits per heavy atom. The molecular formula is C24H30N4O2S. The molecule has 6 nitrogen and oxygen atoms in total. The summed E-state index contributed by atoms with van der Waals surface area (Å²) in [5.74, 6) is 0.983. The Kier molecular flexibility index (Phi) is 6.73. The lowest BCUT2D eigenvalue weighted by Gasteiger charge is -2.34. The second-order valence-corrected chi connectivity index (χ2v) is 9.00. The molecule has 0 unspecified atom stereocenters. The Labute approximate surface area is 188 Å². The van der Waals surface area contributed by atoms with Crippen molar-refractivity contribution < 1.29 is 9.53 Å². The number of carbonyl (C=O) groups excluding carboxylic acids is 1. The highest BCUT2D eigenvalue weighted by Gasteiger charge is 2.24. The van der Waals surface area contributed by atoms with Gasteiger partial charge in [-0.1, -0.05) is 19.1 Å². The zero-order chi connectivity index (χ0) is 21.8. The van der Waals surface area contributed by atoms with E-state index in [9.17, 15) is 4.79 Å². The van der Waals surface area contributed by atoms with E-state index in [4.69, 9.17) is 4.74 Å². The fourth-order valence-electron chi connectivity index (χ4n) is 3.86. The molecule has 164 valence electrons. The maximum Gasteiger partial charge on any atom is 0.264 e. The minimum Gasteiger partial charge on any atom is -0.489 e. The minimum absolute atomic E-state index is 0.126. The SMILES string of the molecule is CCc1ccc(OCc2csc(C(=O)N3CCN(Cc4cn(C)nc4C)CC3)c2)cc1. The molecule has 1 aliphatic heterocycles. The van der Waals surface area contributed by atoms with Gasteiger partial charge in [0.1, 0.15) is 12.4 Å². The smallest absolute Gasteiger partial charge is 0.264 e. The van der Waals surface area contributed by atoms with Crippen molar-refractivity contribution >= 4 is 17.2 Å². The van der Waals surface area contributed by atoms with Crippen LogP contribution in [0.25, 0.3) is 0 Å². The van der Waals surface area contributed by atoms with Crippen LogP contribution in [-0.4, -0.2) is 51.7 Å². The minimum atomic E-state index is 0.126. The van der Waals surface area contributed by atoms with Crippen LogP contribution in [0.5, 0.6) is 5.75 Å². The van der Waals surface area contributed by atoms with E-state index in [1.165, 1.54) is 22.5 Å². The van der Waals surface area contributed by atoms with Crippen molar-refractivity contribution in [3.63, 3.8) is 0 Å². The van der Waals surface area contributed by atoms with Gasteiger partial charge in [-0.2, -0.15) is 5.10 Å². The molecule has 7 heteroatoms. The number of aromatic nitrogens is 2. The first-order valence-electron chi connectivity index (χ1n) is 10.8. The van der Waals surface area contributed by atoms with Crippen LogP contribution in [0.4, 0.5) is 0 Å². The van der Waals surface area contributed by atoms with Gasteiger partial charge in [-0.05, 0) is 42.5 Å². The summed E-state index contributed by atoms with van der Waals surface area (Å²) in [7, 11) is 1.95. The molecule has 3 heterocycles. The molecule has 1 amide bonds. The van der Waals surface area contributed by atoms with Crippen LogP contribution in [-0.2, 0) is 26.6 Å². The van der Waals surface area contributed by atoms with Crippen molar-refractivity contribution in [2.45, 2.75) is 33.4 Å². The largest absolute Gasteiger partial charge is 0.489 e. The molecule has 0 saturated carbocycles. The lowest BCUT2D eigenvalue weighted by atomic mass is 10.2. The molecule has 1 aromatic carbocycles. The highest BCUT2D eigenvalue weighted by molar-refractivity contribution is 7.12. The van der Waals surface area contributed by atoms with Gasteiger partial charge in [-0.15, -0.1) is 11.3 Å². The second kappa shape index (κ2) is 9.66. The average molecular weight is 439 g/mol. The lowest BCUT2D eigenvalue weighted by Crippen LogP contribution is -2.48. The normalized spacial score (nSPS) is 14.7. The third kappa shape index (κ3) is 5.35. The molecule has 1 aliphatic rings. The van der Waals surface area contributed by atoms with Gasteiger partial charge in [0.05, 0.1) is 10.6 Å². The summed E-state index contributed by atoms with van der Waals surface area (Å²) >= 11 is 1.50. The molecule has 0 bridgehead atoms. The summed E-state index contributed by atoms with van der Waals surface area (Å²) in [5, 5.41) is 6.44. The Balaban J connectivity index is 1.27. The van der Waals surface area contributed by atoms with E-state index in [1.807, 2.05) is 47.1 Å². The van der Waals surface area contributed by atoms with Crippen LogP contribution in [0.15, 0.2) is 41.9 Å². The molecule has 0 N–H and O–H groups in total. The van der Waals surface area contributed by atoms with E-state index in [-0.39, 0.29) is 5.91 Å². The number of amides is 1. The van der Waals surface area contributed by atoms with Crippen molar-refractivity contribution in [1.82, 2.24) is 19.6 Å². The Bertz CT molecular complexity index is 1020. The zero-order valence-corrected chi connectivity index (χ0v) is 19.3. The molecule has 1 fully saturated rings. The Hall–Kier alpha value is -2.64. The first-order chi connectivity index (χ1) is 15.0. The molecule has 1 saturated heterocycles. The van der Waals surface area contributed by atoms with Gasteiger partial charge in [-0.25, -0.2) is 0 Å². The van der Waals surface area contributed by atoms with Crippen LogP contribution in [0.1, 0.15) is 39.0 Å². The van der Waals surface area contributed by atoms with Crippen LogP contribution >= 0.6 is 11.3 Å². The van der Waals surface area contributed by atoms with E-state index in [1.54, 1.807) is 0 Å².